The molecule has 31 heavy (non-hydrogen) atoms. The second kappa shape index (κ2) is 8.78. The lowest BCUT2D eigenvalue weighted by molar-refractivity contribution is -0.113. The Morgan fingerprint density at radius 1 is 1.32 bits per heavy atom. The summed E-state index contributed by atoms with van der Waals surface area (Å²) in [7, 11) is 1.49. The number of benzene rings is 2. The minimum atomic E-state index is -0.456. The Kier molecular flexibility index (Phi) is 5.92. The van der Waals surface area contributed by atoms with Crippen molar-refractivity contribution in [2.45, 2.75) is 5.16 Å². The smallest absolute Gasteiger partial charge is 0.269 e. The van der Waals surface area contributed by atoms with Crippen molar-refractivity contribution in [2.75, 3.05) is 18.2 Å². The number of rotatable bonds is 6. The van der Waals surface area contributed by atoms with Gasteiger partial charge in [-0.05, 0) is 36.4 Å². The Morgan fingerprint density at radius 2 is 2.16 bits per heavy atom. The van der Waals surface area contributed by atoms with Crippen LogP contribution in [-0.4, -0.2) is 38.5 Å². The molecule has 8 nitrogen and oxygen atoms in total. The van der Waals surface area contributed by atoms with Gasteiger partial charge in [0, 0.05) is 5.69 Å². The van der Waals surface area contributed by atoms with E-state index in [-0.39, 0.29) is 22.4 Å². The van der Waals surface area contributed by atoms with E-state index in [0.717, 1.165) is 11.8 Å². The van der Waals surface area contributed by atoms with Crippen LogP contribution in [0.1, 0.15) is 0 Å². The zero-order valence-corrected chi connectivity index (χ0v) is 17.6. The number of H-pyrrole nitrogens is 1. The van der Waals surface area contributed by atoms with E-state index in [4.69, 9.17) is 16.3 Å². The second-order valence-corrected chi connectivity index (χ2v) is 7.68. The van der Waals surface area contributed by atoms with Gasteiger partial charge in [-0.3, -0.25) is 19.3 Å². The lowest BCUT2D eigenvalue weighted by atomic mass is 10.3. The second-order valence-electron chi connectivity index (χ2n) is 6.33. The number of ether oxygens (including phenoxy) is 1. The summed E-state index contributed by atoms with van der Waals surface area (Å²) in [6.45, 7) is 0. The Bertz CT molecular complexity index is 1340. The van der Waals surface area contributed by atoms with Crippen LogP contribution in [0.5, 0.6) is 5.75 Å². The molecular weight excluding hydrogens is 445 g/mol. The summed E-state index contributed by atoms with van der Waals surface area (Å²) >= 11 is 7.28. The SMILES string of the molecule is COc1ccc(-n2c(SCC(=O)Nc3cccc(F)c3)nc3[nH]ncc3c2=O)cc1Cl. The van der Waals surface area contributed by atoms with Crippen molar-refractivity contribution in [3.63, 3.8) is 0 Å². The fourth-order valence-corrected chi connectivity index (χ4v) is 3.94. The third-order valence-electron chi connectivity index (χ3n) is 4.29. The Morgan fingerprint density at radius 3 is 2.90 bits per heavy atom. The molecule has 2 aromatic carbocycles. The first-order valence-corrected chi connectivity index (χ1v) is 10.3. The van der Waals surface area contributed by atoms with Gasteiger partial charge in [0.15, 0.2) is 10.8 Å². The summed E-state index contributed by atoms with van der Waals surface area (Å²) in [5.74, 6) is -0.442. The lowest BCUT2D eigenvalue weighted by Crippen LogP contribution is -2.22. The van der Waals surface area contributed by atoms with E-state index in [1.54, 1.807) is 24.3 Å². The maximum absolute atomic E-state index is 13.3. The molecule has 0 saturated heterocycles. The Hall–Kier alpha value is -3.37. The topological polar surface area (TPSA) is 102 Å². The van der Waals surface area contributed by atoms with Gasteiger partial charge in [0.25, 0.3) is 5.56 Å². The minimum Gasteiger partial charge on any atom is -0.495 e. The van der Waals surface area contributed by atoms with Crippen LogP contribution in [0.4, 0.5) is 10.1 Å². The number of hydrogen-bond acceptors (Lipinski definition) is 6. The average Bonchev–Trinajstić information content (AvgIpc) is 3.21. The molecule has 0 unspecified atom stereocenters. The van der Waals surface area contributed by atoms with Crippen molar-refractivity contribution in [3.8, 4) is 11.4 Å². The third-order valence-corrected chi connectivity index (χ3v) is 5.52. The first kappa shape index (κ1) is 20.9. The summed E-state index contributed by atoms with van der Waals surface area (Å²) in [5.41, 5.74) is 0.725. The number of thioether (sulfide) groups is 1. The molecule has 2 heterocycles. The molecule has 0 spiro atoms. The van der Waals surface area contributed by atoms with E-state index >= 15 is 0 Å². The molecule has 2 aromatic heterocycles. The average molecular weight is 460 g/mol. The first-order chi connectivity index (χ1) is 15.0. The molecule has 0 bridgehead atoms. The fourth-order valence-electron chi connectivity index (χ4n) is 2.89. The van der Waals surface area contributed by atoms with Crippen LogP contribution in [0.15, 0.2) is 58.6 Å². The molecular formula is C20H15ClFN5O3S. The third kappa shape index (κ3) is 4.39. The van der Waals surface area contributed by atoms with Crippen LogP contribution in [0.25, 0.3) is 16.7 Å². The maximum atomic E-state index is 13.3. The summed E-state index contributed by atoms with van der Waals surface area (Å²) in [4.78, 5) is 29.9. The fraction of sp³-hybridized carbons (Fsp3) is 0.100. The molecule has 0 fully saturated rings. The van der Waals surface area contributed by atoms with Gasteiger partial charge in [-0.2, -0.15) is 5.10 Å². The number of carbonyl (C=O) groups excluding carboxylic acids is 1. The highest BCUT2D eigenvalue weighted by Crippen LogP contribution is 2.28. The van der Waals surface area contributed by atoms with Gasteiger partial charge < -0.3 is 10.1 Å². The number of aromatic amines is 1. The van der Waals surface area contributed by atoms with Gasteiger partial charge >= 0.3 is 0 Å². The van der Waals surface area contributed by atoms with Crippen LogP contribution in [0.3, 0.4) is 0 Å². The van der Waals surface area contributed by atoms with Gasteiger partial charge in [-0.1, -0.05) is 29.4 Å². The predicted molar refractivity (Wildman–Crippen MR) is 117 cm³/mol. The number of hydrogen-bond donors (Lipinski definition) is 2. The molecule has 1 amide bonds. The molecule has 4 aromatic rings. The summed E-state index contributed by atoms with van der Waals surface area (Å²) in [6.07, 6.45) is 1.39. The van der Waals surface area contributed by atoms with Crippen molar-refractivity contribution in [2.24, 2.45) is 0 Å². The number of amides is 1. The number of methoxy groups -OCH3 is 1. The van der Waals surface area contributed by atoms with Crippen molar-refractivity contribution in [3.05, 3.63) is 69.9 Å². The van der Waals surface area contributed by atoms with Crippen molar-refractivity contribution in [1.82, 2.24) is 19.7 Å². The number of nitrogens with one attached hydrogen (secondary N) is 2. The summed E-state index contributed by atoms with van der Waals surface area (Å²) in [5, 5.41) is 10.0. The van der Waals surface area contributed by atoms with Gasteiger partial charge in [-0.15, -0.1) is 0 Å². The van der Waals surface area contributed by atoms with E-state index < -0.39 is 5.82 Å². The van der Waals surface area contributed by atoms with E-state index in [2.05, 4.69) is 20.5 Å². The van der Waals surface area contributed by atoms with Crippen molar-refractivity contribution in [1.29, 1.82) is 0 Å². The number of anilines is 1. The normalized spacial score (nSPS) is 10.9. The zero-order valence-electron chi connectivity index (χ0n) is 16.1. The van der Waals surface area contributed by atoms with Crippen LogP contribution in [-0.2, 0) is 4.79 Å². The molecule has 2 N–H and O–H groups in total. The molecule has 158 valence electrons. The van der Waals surface area contributed by atoms with Gasteiger partial charge in [0.05, 0.1) is 29.8 Å². The van der Waals surface area contributed by atoms with E-state index in [1.807, 2.05) is 0 Å². The maximum Gasteiger partial charge on any atom is 0.269 e. The van der Waals surface area contributed by atoms with Crippen molar-refractivity contribution >= 4 is 46.0 Å². The monoisotopic (exact) mass is 459 g/mol. The first-order valence-electron chi connectivity index (χ1n) is 8.94. The van der Waals surface area contributed by atoms with Crippen molar-refractivity contribution < 1.29 is 13.9 Å². The van der Waals surface area contributed by atoms with Crippen LogP contribution in [0.2, 0.25) is 5.02 Å². The zero-order chi connectivity index (χ0) is 22.0. The van der Waals surface area contributed by atoms with E-state index in [9.17, 15) is 14.0 Å². The molecule has 0 aliphatic carbocycles. The van der Waals surface area contributed by atoms with Gasteiger partial charge in [-0.25, -0.2) is 9.37 Å². The Balaban J connectivity index is 1.66. The highest BCUT2D eigenvalue weighted by molar-refractivity contribution is 7.99. The summed E-state index contributed by atoms with van der Waals surface area (Å²) in [6, 6.07) is 10.4. The quantitative estimate of drug-likeness (QED) is 0.337. The molecule has 0 aliphatic rings. The minimum absolute atomic E-state index is 0.0630. The van der Waals surface area contributed by atoms with Crippen LogP contribution >= 0.6 is 23.4 Å². The van der Waals surface area contributed by atoms with Crippen LogP contribution in [0, 0.1) is 5.82 Å². The van der Waals surface area contributed by atoms with Gasteiger partial charge in [0.2, 0.25) is 5.91 Å². The largest absolute Gasteiger partial charge is 0.495 e. The highest BCUT2D eigenvalue weighted by Gasteiger charge is 2.17. The molecule has 11 heteroatoms. The summed E-state index contributed by atoms with van der Waals surface area (Å²) < 4.78 is 19.8. The Labute approximate surface area is 184 Å². The number of aromatic nitrogens is 4. The molecule has 0 saturated carbocycles. The lowest BCUT2D eigenvalue weighted by Gasteiger charge is -2.13. The predicted octanol–water partition coefficient (Wildman–Crippen LogP) is 3.64. The number of fused-ring (bicyclic) bond motifs is 1. The number of carbonyl (C=O) groups is 1. The number of nitrogens with zero attached hydrogens (tertiary/aromatic N) is 3. The number of halogens is 2. The van der Waals surface area contributed by atoms with Gasteiger partial charge in [0.1, 0.15) is 17.0 Å². The molecule has 0 radical (unpaired) electrons. The molecule has 4 rings (SSSR count). The van der Waals surface area contributed by atoms with E-state index in [0.29, 0.717) is 33.2 Å². The molecule has 0 aliphatic heterocycles. The van der Waals surface area contributed by atoms with E-state index in [1.165, 1.54) is 36.1 Å². The highest BCUT2D eigenvalue weighted by atomic mass is 35.5. The molecule has 0 atom stereocenters. The van der Waals surface area contributed by atoms with Crippen LogP contribution < -0.4 is 15.6 Å². The standard InChI is InChI=1S/C20H15ClFN5O3S/c1-30-16-6-5-13(8-15(16)21)27-19(29)14-9-23-26-18(14)25-20(27)31-10-17(28)24-12-4-2-3-11(22)7-12/h2-9H,10H2,1H3,(H,23,26)(H,24,28).